The van der Waals surface area contributed by atoms with E-state index in [0.29, 0.717) is 12.4 Å². The molecule has 1 fully saturated rings. The van der Waals surface area contributed by atoms with E-state index >= 15 is 0 Å². The van der Waals surface area contributed by atoms with Gasteiger partial charge >= 0.3 is 12.1 Å². The number of ether oxygens (including phenoxy) is 3. The minimum Gasteiger partial charge on any atom is -0.473 e. The van der Waals surface area contributed by atoms with Gasteiger partial charge in [0.1, 0.15) is 18.2 Å². The van der Waals surface area contributed by atoms with Gasteiger partial charge in [0, 0.05) is 24.9 Å². The molecule has 0 spiro atoms. The number of fused-ring (bicyclic) bond motifs is 3. The Morgan fingerprint density at radius 1 is 1.11 bits per heavy atom. The predicted molar refractivity (Wildman–Crippen MR) is 115 cm³/mol. The summed E-state index contributed by atoms with van der Waals surface area (Å²) in [6, 6.07) is 5.39. The number of hydrogen-bond acceptors (Lipinski definition) is 7. The second-order valence-electron chi connectivity index (χ2n) is 8.73. The maximum absolute atomic E-state index is 14.6. The number of hydrogen-bond donors (Lipinski definition) is 0. The summed E-state index contributed by atoms with van der Waals surface area (Å²) in [5.74, 6) is -3.50. The Bertz CT molecular complexity index is 1360. The molecule has 1 atom stereocenters. The molecule has 3 aromatic rings. The summed E-state index contributed by atoms with van der Waals surface area (Å²) in [6.45, 7) is 3.13. The molecule has 8 nitrogen and oxygen atoms in total. The molecule has 1 aromatic carbocycles. The number of pyridine rings is 1. The number of aromatic nitrogens is 3. The first-order valence-electron chi connectivity index (χ1n) is 10.9. The zero-order chi connectivity index (χ0) is 25.7. The van der Waals surface area contributed by atoms with Crippen molar-refractivity contribution in [1.82, 2.24) is 14.5 Å². The molecule has 4 heterocycles. The second kappa shape index (κ2) is 8.64. The van der Waals surface area contributed by atoms with Crippen molar-refractivity contribution in [3.63, 3.8) is 0 Å². The van der Waals surface area contributed by atoms with Crippen molar-refractivity contribution in [3.8, 4) is 23.3 Å². The quantitative estimate of drug-likeness (QED) is 0.450. The Kier molecular flexibility index (Phi) is 5.72. The minimum atomic E-state index is -4.99. The summed E-state index contributed by atoms with van der Waals surface area (Å²) in [7, 11) is 0. The number of benzene rings is 1. The van der Waals surface area contributed by atoms with E-state index in [1.165, 1.54) is 0 Å². The molecular formula is C23H19F5N4O4. The van der Waals surface area contributed by atoms with Crippen LogP contribution in [-0.2, 0) is 13.2 Å². The maximum Gasteiger partial charge on any atom is 0.574 e. The average molecular weight is 510 g/mol. The van der Waals surface area contributed by atoms with Crippen LogP contribution in [-0.4, -0.2) is 33.0 Å². The highest BCUT2D eigenvalue weighted by Crippen LogP contribution is 2.41. The fraction of sp³-hybridized carbons (Fsp3) is 0.348. The highest BCUT2D eigenvalue weighted by Gasteiger charge is 2.44. The van der Waals surface area contributed by atoms with Gasteiger partial charge in [-0.1, -0.05) is 0 Å². The third-order valence-corrected chi connectivity index (χ3v) is 6.08. The number of anilines is 1. The lowest BCUT2D eigenvalue weighted by Crippen LogP contribution is -2.38. The van der Waals surface area contributed by atoms with Gasteiger partial charge in [0.25, 0.3) is 0 Å². The van der Waals surface area contributed by atoms with Crippen molar-refractivity contribution in [2.45, 2.75) is 44.8 Å². The van der Waals surface area contributed by atoms with Crippen LogP contribution in [0.1, 0.15) is 25.3 Å². The Morgan fingerprint density at radius 2 is 1.86 bits per heavy atom. The molecule has 2 aliphatic rings. The van der Waals surface area contributed by atoms with Crippen molar-refractivity contribution in [3.05, 3.63) is 64.2 Å². The molecule has 5 rings (SSSR count). The van der Waals surface area contributed by atoms with Gasteiger partial charge in [0.2, 0.25) is 11.8 Å². The molecule has 0 saturated carbocycles. The largest absolute Gasteiger partial charge is 0.574 e. The molecule has 0 N–H and O–H groups in total. The van der Waals surface area contributed by atoms with E-state index in [4.69, 9.17) is 9.47 Å². The first kappa shape index (κ1) is 23.8. The van der Waals surface area contributed by atoms with Crippen molar-refractivity contribution in [2.75, 3.05) is 11.4 Å². The molecule has 0 radical (unpaired) electrons. The number of nitrogens with zero attached hydrogens (tertiary/aromatic N) is 4. The summed E-state index contributed by atoms with van der Waals surface area (Å²) in [5, 5.41) is 0. The Balaban J connectivity index is 1.30. The van der Waals surface area contributed by atoms with Gasteiger partial charge in [0.15, 0.2) is 17.4 Å². The monoisotopic (exact) mass is 510 g/mol. The summed E-state index contributed by atoms with van der Waals surface area (Å²) in [6.07, 6.45) is -2.09. The van der Waals surface area contributed by atoms with Crippen LogP contribution in [0.2, 0.25) is 0 Å². The van der Waals surface area contributed by atoms with Gasteiger partial charge in [-0.2, -0.15) is 4.98 Å². The van der Waals surface area contributed by atoms with Crippen LogP contribution in [0.4, 0.5) is 27.8 Å². The third kappa shape index (κ3) is 4.64. The smallest absolute Gasteiger partial charge is 0.473 e. The Hall–Kier alpha value is -3.90. The minimum absolute atomic E-state index is 0.0255. The van der Waals surface area contributed by atoms with Gasteiger partial charge in [-0.3, -0.25) is 4.57 Å². The molecule has 1 unspecified atom stereocenters. The molecule has 1 saturated heterocycles. The first-order valence-corrected chi connectivity index (χ1v) is 10.9. The topological polar surface area (TPSA) is 78.7 Å². The molecule has 36 heavy (non-hydrogen) atoms. The fourth-order valence-corrected chi connectivity index (χ4v) is 4.54. The zero-order valence-corrected chi connectivity index (χ0v) is 18.8. The van der Waals surface area contributed by atoms with Crippen LogP contribution in [0.3, 0.4) is 0 Å². The lowest BCUT2D eigenvalue weighted by Gasteiger charge is -2.27. The highest BCUT2D eigenvalue weighted by molar-refractivity contribution is 5.50. The van der Waals surface area contributed by atoms with E-state index in [-0.39, 0.29) is 29.3 Å². The zero-order valence-electron chi connectivity index (χ0n) is 18.8. The maximum atomic E-state index is 14.6. The van der Waals surface area contributed by atoms with Crippen LogP contribution < -0.4 is 24.8 Å². The van der Waals surface area contributed by atoms with Crippen LogP contribution in [0.25, 0.3) is 0 Å². The van der Waals surface area contributed by atoms with Crippen LogP contribution >= 0.6 is 0 Å². The van der Waals surface area contributed by atoms with E-state index in [2.05, 4.69) is 26.5 Å². The average Bonchev–Trinajstić information content (AvgIpc) is 3.29. The molecule has 0 amide bonds. The molecule has 2 aliphatic heterocycles. The lowest BCUT2D eigenvalue weighted by atomic mass is 10.0. The normalized spacial score (nSPS) is 18.7. The van der Waals surface area contributed by atoms with Crippen molar-refractivity contribution >= 4 is 5.82 Å². The van der Waals surface area contributed by atoms with Crippen molar-refractivity contribution in [2.24, 2.45) is 0 Å². The summed E-state index contributed by atoms with van der Waals surface area (Å²) < 4.78 is 82.2. The van der Waals surface area contributed by atoms with E-state index < -0.39 is 35.3 Å². The number of halogens is 5. The van der Waals surface area contributed by atoms with Crippen LogP contribution in [0.15, 0.2) is 41.3 Å². The lowest BCUT2D eigenvalue weighted by molar-refractivity contribution is -0.276. The molecule has 13 heteroatoms. The number of alkyl halides is 3. The summed E-state index contributed by atoms with van der Waals surface area (Å²) >= 11 is 0. The van der Waals surface area contributed by atoms with Gasteiger partial charge in [-0.25, -0.2) is 18.6 Å². The van der Waals surface area contributed by atoms with Gasteiger partial charge in [-0.15, -0.1) is 13.2 Å². The SMILES string of the molecule is CC12CCCN1c1cc(OCc3cc(F)c(Oc4ccnc(OC(F)(F)F)c4)c(F)c3)nc(=O)n1C2. The fourth-order valence-electron chi connectivity index (χ4n) is 4.54. The van der Waals surface area contributed by atoms with Crippen molar-refractivity contribution < 1.29 is 36.2 Å². The van der Waals surface area contributed by atoms with E-state index in [1.807, 2.05) is 0 Å². The Labute approximate surface area is 200 Å². The molecule has 2 aromatic heterocycles. The van der Waals surface area contributed by atoms with Crippen LogP contribution in [0, 0.1) is 11.6 Å². The molecule has 0 aliphatic carbocycles. The van der Waals surface area contributed by atoms with E-state index in [9.17, 15) is 26.7 Å². The van der Waals surface area contributed by atoms with E-state index in [1.54, 1.807) is 10.6 Å². The van der Waals surface area contributed by atoms with Crippen molar-refractivity contribution in [1.29, 1.82) is 0 Å². The highest BCUT2D eigenvalue weighted by atomic mass is 19.4. The van der Waals surface area contributed by atoms with E-state index in [0.717, 1.165) is 49.8 Å². The predicted octanol–water partition coefficient (Wildman–Crippen LogP) is 4.56. The second-order valence-corrected chi connectivity index (χ2v) is 8.73. The van der Waals surface area contributed by atoms with Crippen LogP contribution in [0.5, 0.6) is 23.3 Å². The summed E-state index contributed by atoms with van der Waals surface area (Å²) in [4.78, 5) is 21.9. The molecule has 0 bridgehead atoms. The third-order valence-electron chi connectivity index (χ3n) is 6.08. The van der Waals surface area contributed by atoms with Gasteiger partial charge in [0.05, 0.1) is 12.1 Å². The molecule has 190 valence electrons. The first-order chi connectivity index (χ1) is 17.0. The standard InChI is InChI=1S/C23H19F5N4O4/c1-22-4-2-6-32(22)19-10-18(30-21(33)31(19)12-22)34-11-13-7-15(24)20(16(25)8-13)35-14-3-5-29-17(9-14)36-23(26,27)28/h3,5,7-10H,2,4,6,11-12H2,1H3. The Morgan fingerprint density at radius 3 is 2.58 bits per heavy atom. The number of rotatable bonds is 6. The van der Waals surface area contributed by atoms with Gasteiger partial charge in [-0.05, 0) is 43.5 Å². The molecular weight excluding hydrogens is 491 g/mol. The van der Waals surface area contributed by atoms with Gasteiger partial charge < -0.3 is 19.1 Å². The summed E-state index contributed by atoms with van der Waals surface area (Å²) in [5.41, 5.74) is -0.532.